The molecule has 0 radical (unpaired) electrons. The summed E-state index contributed by atoms with van der Waals surface area (Å²) in [5.41, 5.74) is 1.08. The molecule has 1 aliphatic rings. The molecule has 1 unspecified atom stereocenters. The van der Waals surface area contributed by atoms with Gasteiger partial charge in [0.05, 0.1) is 17.5 Å². The quantitative estimate of drug-likeness (QED) is 0.771. The maximum absolute atomic E-state index is 10.7. The van der Waals surface area contributed by atoms with E-state index in [1.165, 1.54) is 35.0 Å². The van der Waals surface area contributed by atoms with Crippen LogP contribution in [-0.2, 0) is 0 Å². The standard InChI is InChI=1S/C17H20N4O2S/c1-2-23-13-8-4-3-7-12(13)14(20-9-5-6-10-20)15-16(22)21-17(24-15)18-11-19-21/h3-4,7-8,11,14,22H,2,5-6,9-10H2,1H3. The number of thiazole rings is 1. The van der Waals surface area contributed by atoms with E-state index >= 15 is 0 Å². The van der Waals surface area contributed by atoms with Gasteiger partial charge in [0, 0.05) is 5.56 Å². The number of rotatable bonds is 5. The molecule has 1 aromatic carbocycles. The fourth-order valence-electron chi connectivity index (χ4n) is 3.37. The van der Waals surface area contributed by atoms with Crippen molar-refractivity contribution < 1.29 is 9.84 Å². The Morgan fingerprint density at radius 3 is 2.83 bits per heavy atom. The molecule has 6 nitrogen and oxygen atoms in total. The molecule has 1 aliphatic heterocycles. The molecule has 3 aromatic rings. The summed E-state index contributed by atoms with van der Waals surface area (Å²) < 4.78 is 7.36. The first-order chi connectivity index (χ1) is 11.8. The van der Waals surface area contributed by atoms with Crippen LogP contribution in [0.15, 0.2) is 30.6 Å². The van der Waals surface area contributed by atoms with Gasteiger partial charge in [-0.05, 0) is 38.9 Å². The predicted octanol–water partition coefficient (Wildman–Crippen LogP) is 3.08. The van der Waals surface area contributed by atoms with Crippen molar-refractivity contribution in [3.8, 4) is 11.6 Å². The van der Waals surface area contributed by atoms with Crippen LogP contribution in [0.4, 0.5) is 0 Å². The number of hydrogen-bond donors (Lipinski definition) is 1. The zero-order valence-corrected chi connectivity index (χ0v) is 14.4. The van der Waals surface area contributed by atoms with Crippen LogP contribution in [0.3, 0.4) is 0 Å². The van der Waals surface area contributed by atoms with Gasteiger partial charge in [-0.3, -0.25) is 4.90 Å². The molecule has 24 heavy (non-hydrogen) atoms. The lowest BCUT2D eigenvalue weighted by atomic mass is 10.0. The Hall–Kier alpha value is -2.12. The SMILES string of the molecule is CCOc1ccccc1C(c1sc2ncnn2c1O)N1CCCC1. The zero-order chi connectivity index (χ0) is 16.5. The van der Waals surface area contributed by atoms with E-state index in [9.17, 15) is 5.11 Å². The van der Waals surface area contributed by atoms with E-state index < -0.39 is 0 Å². The van der Waals surface area contributed by atoms with Gasteiger partial charge in [0.2, 0.25) is 10.8 Å². The maximum atomic E-state index is 10.7. The first-order valence-electron chi connectivity index (χ1n) is 8.26. The van der Waals surface area contributed by atoms with Gasteiger partial charge in [0.15, 0.2) is 0 Å². The highest BCUT2D eigenvalue weighted by Crippen LogP contribution is 2.43. The van der Waals surface area contributed by atoms with Crippen LogP contribution in [0.2, 0.25) is 0 Å². The van der Waals surface area contributed by atoms with E-state index in [4.69, 9.17) is 4.74 Å². The van der Waals surface area contributed by atoms with Crippen molar-refractivity contribution in [3.05, 3.63) is 41.0 Å². The van der Waals surface area contributed by atoms with Gasteiger partial charge in [0.25, 0.3) is 0 Å². The third-order valence-electron chi connectivity index (χ3n) is 4.41. The van der Waals surface area contributed by atoms with Crippen LogP contribution in [0.5, 0.6) is 11.6 Å². The zero-order valence-electron chi connectivity index (χ0n) is 13.6. The second-order valence-electron chi connectivity index (χ2n) is 5.86. The highest BCUT2D eigenvalue weighted by atomic mass is 32.1. The van der Waals surface area contributed by atoms with Crippen molar-refractivity contribution >= 4 is 16.3 Å². The number of para-hydroxylation sites is 1. The number of likely N-dealkylation sites (tertiary alicyclic amines) is 1. The molecule has 0 aliphatic carbocycles. The summed E-state index contributed by atoms with van der Waals surface area (Å²) >= 11 is 1.49. The molecule has 0 spiro atoms. The van der Waals surface area contributed by atoms with E-state index in [0.29, 0.717) is 11.6 Å². The number of aromatic hydroxyl groups is 1. The fraction of sp³-hybridized carbons (Fsp3) is 0.412. The normalized spacial score (nSPS) is 16.7. The van der Waals surface area contributed by atoms with E-state index in [2.05, 4.69) is 21.0 Å². The molecular weight excluding hydrogens is 324 g/mol. The van der Waals surface area contributed by atoms with Gasteiger partial charge in [-0.15, -0.1) is 0 Å². The molecule has 1 N–H and O–H groups in total. The second kappa shape index (κ2) is 6.41. The van der Waals surface area contributed by atoms with Crippen molar-refractivity contribution in [3.63, 3.8) is 0 Å². The third-order valence-corrected chi connectivity index (χ3v) is 5.49. The number of hydrogen-bond acceptors (Lipinski definition) is 6. The van der Waals surface area contributed by atoms with Crippen LogP contribution < -0.4 is 4.74 Å². The minimum atomic E-state index is -0.0382. The molecule has 1 atom stereocenters. The van der Waals surface area contributed by atoms with Crippen LogP contribution in [0.25, 0.3) is 4.96 Å². The summed E-state index contributed by atoms with van der Waals surface area (Å²) in [7, 11) is 0. The van der Waals surface area contributed by atoms with Crippen molar-refractivity contribution in [2.24, 2.45) is 0 Å². The lowest BCUT2D eigenvalue weighted by Crippen LogP contribution is -2.26. The van der Waals surface area contributed by atoms with Crippen LogP contribution in [0, 0.1) is 0 Å². The summed E-state index contributed by atoms with van der Waals surface area (Å²) in [5, 5.41) is 14.8. The lowest BCUT2D eigenvalue weighted by molar-refractivity contribution is 0.264. The summed E-state index contributed by atoms with van der Waals surface area (Å²) in [6.07, 6.45) is 3.82. The third kappa shape index (κ3) is 2.53. The van der Waals surface area contributed by atoms with Gasteiger partial charge in [-0.2, -0.15) is 9.61 Å². The number of ether oxygens (including phenoxy) is 1. The van der Waals surface area contributed by atoms with Crippen molar-refractivity contribution in [2.75, 3.05) is 19.7 Å². The van der Waals surface area contributed by atoms with E-state index in [0.717, 1.165) is 29.3 Å². The molecule has 1 saturated heterocycles. The van der Waals surface area contributed by atoms with Gasteiger partial charge < -0.3 is 9.84 Å². The minimum Gasteiger partial charge on any atom is -0.494 e. The Balaban J connectivity index is 1.86. The Labute approximate surface area is 144 Å². The number of fused-ring (bicyclic) bond motifs is 1. The predicted molar refractivity (Wildman–Crippen MR) is 92.8 cm³/mol. The molecule has 2 aromatic heterocycles. The Bertz CT molecular complexity index is 838. The second-order valence-corrected chi connectivity index (χ2v) is 6.87. The average molecular weight is 344 g/mol. The maximum Gasteiger partial charge on any atom is 0.230 e. The molecule has 0 bridgehead atoms. The van der Waals surface area contributed by atoms with E-state index in [-0.39, 0.29) is 11.9 Å². The number of aromatic nitrogens is 3. The topological polar surface area (TPSA) is 62.9 Å². The van der Waals surface area contributed by atoms with Crippen molar-refractivity contribution in [1.82, 2.24) is 19.5 Å². The number of benzene rings is 1. The van der Waals surface area contributed by atoms with Crippen molar-refractivity contribution in [1.29, 1.82) is 0 Å². The molecule has 4 rings (SSSR count). The summed E-state index contributed by atoms with van der Waals surface area (Å²) in [6.45, 7) is 4.63. The van der Waals surface area contributed by atoms with Gasteiger partial charge in [-0.1, -0.05) is 29.5 Å². The van der Waals surface area contributed by atoms with Crippen LogP contribution >= 0.6 is 11.3 Å². The Kier molecular flexibility index (Phi) is 4.12. The monoisotopic (exact) mass is 344 g/mol. The van der Waals surface area contributed by atoms with Crippen LogP contribution in [-0.4, -0.2) is 44.3 Å². The van der Waals surface area contributed by atoms with Gasteiger partial charge >= 0.3 is 0 Å². The first kappa shape index (κ1) is 15.4. The van der Waals surface area contributed by atoms with Gasteiger partial charge in [-0.25, -0.2) is 4.98 Å². The van der Waals surface area contributed by atoms with Gasteiger partial charge in [0.1, 0.15) is 12.1 Å². The Morgan fingerprint density at radius 1 is 1.29 bits per heavy atom. The van der Waals surface area contributed by atoms with Crippen molar-refractivity contribution in [2.45, 2.75) is 25.8 Å². The molecule has 7 heteroatoms. The summed E-state index contributed by atoms with van der Waals surface area (Å²) in [6, 6.07) is 8.05. The fourth-order valence-corrected chi connectivity index (χ4v) is 4.45. The Morgan fingerprint density at radius 2 is 2.08 bits per heavy atom. The van der Waals surface area contributed by atoms with E-state index in [1.807, 2.05) is 25.1 Å². The van der Waals surface area contributed by atoms with Crippen LogP contribution in [0.1, 0.15) is 36.2 Å². The summed E-state index contributed by atoms with van der Waals surface area (Å²) in [5.74, 6) is 1.05. The summed E-state index contributed by atoms with van der Waals surface area (Å²) in [4.78, 5) is 8.21. The minimum absolute atomic E-state index is 0.0382. The molecule has 3 heterocycles. The van der Waals surface area contributed by atoms with E-state index in [1.54, 1.807) is 0 Å². The largest absolute Gasteiger partial charge is 0.494 e. The first-order valence-corrected chi connectivity index (χ1v) is 9.08. The number of nitrogens with zero attached hydrogens (tertiary/aromatic N) is 4. The molecule has 0 amide bonds. The molecule has 1 fully saturated rings. The smallest absolute Gasteiger partial charge is 0.230 e. The highest BCUT2D eigenvalue weighted by Gasteiger charge is 2.32. The molecular formula is C17H20N4O2S. The highest BCUT2D eigenvalue weighted by molar-refractivity contribution is 7.17. The molecule has 126 valence electrons. The molecule has 0 saturated carbocycles. The lowest BCUT2D eigenvalue weighted by Gasteiger charge is -2.28. The average Bonchev–Trinajstić information content (AvgIpc) is 3.31.